The number of nitrogens with two attached hydrogens (primary N) is 1. The molecule has 1 aromatic heterocycles. The second-order valence-corrected chi connectivity index (χ2v) is 3.44. The van der Waals surface area contributed by atoms with Crippen LogP contribution >= 0.6 is 0 Å². The summed E-state index contributed by atoms with van der Waals surface area (Å²) in [7, 11) is 0. The lowest BCUT2D eigenvalue weighted by Gasteiger charge is -2.02. The lowest BCUT2D eigenvalue weighted by molar-refractivity contribution is -0.137. The number of hydrogen-bond donors (Lipinski definition) is 2. The second kappa shape index (κ2) is 3.27. The summed E-state index contributed by atoms with van der Waals surface area (Å²) in [6.07, 6.45) is 0. The quantitative estimate of drug-likeness (QED) is 0.766. The largest absolute Gasteiger partial charge is 0.480 e. The van der Waals surface area contributed by atoms with E-state index in [0.717, 1.165) is 16.6 Å². The van der Waals surface area contributed by atoms with E-state index >= 15 is 0 Å². The molecule has 0 spiro atoms. The molecule has 0 saturated carbocycles. The van der Waals surface area contributed by atoms with E-state index in [1.165, 1.54) is 4.57 Å². The topological polar surface area (TPSA) is 81.1 Å². The minimum absolute atomic E-state index is 0.161. The Hall–Kier alpha value is -2.04. The van der Waals surface area contributed by atoms with Crippen LogP contribution in [0.2, 0.25) is 0 Å². The molecule has 0 aliphatic rings. The van der Waals surface area contributed by atoms with Gasteiger partial charge in [0.05, 0.1) is 11.0 Å². The van der Waals surface area contributed by atoms with Crippen molar-refractivity contribution in [2.24, 2.45) is 0 Å². The van der Waals surface area contributed by atoms with Crippen LogP contribution < -0.4 is 5.73 Å². The lowest BCUT2D eigenvalue weighted by atomic mass is 10.2. The molecule has 15 heavy (non-hydrogen) atoms. The number of imidazole rings is 1. The van der Waals surface area contributed by atoms with Crippen LogP contribution in [-0.2, 0) is 11.3 Å². The Balaban J connectivity index is 2.65. The molecule has 1 heterocycles. The van der Waals surface area contributed by atoms with Gasteiger partial charge in [0.2, 0.25) is 5.95 Å². The third-order valence-corrected chi connectivity index (χ3v) is 2.23. The zero-order chi connectivity index (χ0) is 11.0. The Morgan fingerprint density at radius 2 is 2.33 bits per heavy atom. The average molecular weight is 205 g/mol. The van der Waals surface area contributed by atoms with E-state index in [-0.39, 0.29) is 12.5 Å². The second-order valence-electron chi connectivity index (χ2n) is 3.44. The molecule has 0 aliphatic heterocycles. The van der Waals surface area contributed by atoms with E-state index in [4.69, 9.17) is 10.8 Å². The maximum absolute atomic E-state index is 10.6. The zero-order valence-electron chi connectivity index (χ0n) is 8.27. The fourth-order valence-electron chi connectivity index (χ4n) is 1.55. The van der Waals surface area contributed by atoms with Crippen LogP contribution in [0.1, 0.15) is 5.56 Å². The van der Waals surface area contributed by atoms with Crippen LogP contribution in [0, 0.1) is 6.92 Å². The van der Waals surface area contributed by atoms with Crippen molar-refractivity contribution in [1.29, 1.82) is 0 Å². The summed E-state index contributed by atoms with van der Waals surface area (Å²) in [6, 6.07) is 5.63. The van der Waals surface area contributed by atoms with Crippen molar-refractivity contribution in [3.8, 4) is 0 Å². The first kappa shape index (κ1) is 9.51. The number of aromatic nitrogens is 2. The van der Waals surface area contributed by atoms with Crippen molar-refractivity contribution in [2.75, 3.05) is 5.73 Å². The fraction of sp³-hybridized carbons (Fsp3) is 0.200. The van der Waals surface area contributed by atoms with Crippen LogP contribution in [0.4, 0.5) is 5.95 Å². The smallest absolute Gasteiger partial charge is 0.323 e. The minimum atomic E-state index is -0.928. The molecule has 0 saturated heterocycles. The van der Waals surface area contributed by atoms with E-state index in [0.29, 0.717) is 0 Å². The maximum Gasteiger partial charge on any atom is 0.323 e. The molecule has 0 fully saturated rings. The van der Waals surface area contributed by atoms with Crippen molar-refractivity contribution in [3.63, 3.8) is 0 Å². The highest BCUT2D eigenvalue weighted by molar-refractivity contribution is 5.81. The number of carboxylic acids is 1. The number of rotatable bonds is 2. The molecule has 3 N–H and O–H groups in total. The molecule has 0 atom stereocenters. The van der Waals surface area contributed by atoms with E-state index in [1.54, 1.807) is 0 Å². The van der Waals surface area contributed by atoms with Gasteiger partial charge in [-0.2, -0.15) is 0 Å². The molecule has 1 aromatic carbocycles. The summed E-state index contributed by atoms with van der Waals surface area (Å²) in [4.78, 5) is 14.7. The molecule has 5 nitrogen and oxygen atoms in total. The summed E-state index contributed by atoms with van der Waals surface area (Å²) in [6.45, 7) is 1.78. The molecule has 0 bridgehead atoms. The standard InChI is InChI=1S/C10H11N3O2/c1-6-2-3-7-8(4-6)13(5-9(14)15)10(11)12-7/h2-4H,5H2,1H3,(H2,11,12)(H,14,15). The van der Waals surface area contributed by atoms with Crippen LogP contribution in [0.3, 0.4) is 0 Å². The van der Waals surface area contributed by atoms with Crippen LogP contribution in [0.15, 0.2) is 18.2 Å². The fourth-order valence-corrected chi connectivity index (χ4v) is 1.55. The maximum atomic E-state index is 10.6. The molecular weight excluding hydrogens is 194 g/mol. The van der Waals surface area contributed by atoms with Gasteiger partial charge in [-0.25, -0.2) is 4.98 Å². The van der Waals surface area contributed by atoms with Crippen molar-refractivity contribution < 1.29 is 9.90 Å². The number of nitrogens with zero attached hydrogens (tertiary/aromatic N) is 2. The number of fused-ring (bicyclic) bond motifs is 1. The van der Waals surface area contributed by atoms with Gasteiger partial charge in [0.15, 0.2) is 0 Å². The molecule has 2 rings (SSSR count). The van der Waals surface area contributed by atoms with Gasteiger partial charge >= 0.3 is 5.97 Å². The number of anilines is 1. The van der Waals surface area contributed by atoms with Crippen molar-refractivity contribution >= 4 is 23.0 Å². The first-order chi connectivity index (χ1) is 7.08. The van der Waals surface area contributed by atoms with Crippen molar-refractivity contribution in [2.45, 2.75) is 13.5 Å². The minimum Gasteiger partial charge on any atom is -0.480 e. The molecule has 2 aromatic rings. The van der Waals surface area contributed by atoms with Gasteiger partial charge in [0, 0.05) is 0 Å². The Morgan fingerprint density at radius 3 is 3.00 bits per heavy atom. The molecule has 0 amide bonds. The molecule has 78 valence electrons. The number of aliphatic carboxylic acids is 1. The number of hydrogen-bond acceptors (Lipinski definition) is 3. The first-order valence-electron chi connectivity index (χ1n) is 4.52. The van der Waals surface area contributed by atoms with Gasteiger partial charge in [-0.15, -0.1) is 0 Å². The average Bonchev–Trinajstić information content (AvgIpc) is 2.43. The highest BCUT2D eigenvalue weighted by atomic mass is 16.4. The van der Waals surface area contributed by atoms with E-state index < -0.39 is 5.97 Å². The van der Waals surface area contributed by atoms with E-state index in [9.17, 15) is 4.79 Å². The first-order valence-corrected chi connectivity index (χ1v) is 4.52. The molecule has 5 heteroatoms. The summed E-state index contributed by atoms with van der Waals surface area (Å²) in [5.74, 6) is -0.694. The summed E-state index contributed by atoms with van der Waals surface area (Å²) in [5, 5.41) is 8.73. The monoisotopic (exact) mass is 205 g/mol. The Morgan fingerprint density at radius 1 is 1.60 bits per heavy atom. The predicted molar refractivity (Wildman–Crippen MR) is 56.5 cm³/mol. The zero-order valence-corrected chi connectivity index (χ0v) is 8.27. The number of carboxylic acid groups (broad SMARTS) is 1. The Bertz CT molecular complexity index is 531. The highest BCUT2D eigenvalue weighted by Gasteiger charge is 2.10. The number of aryl methyl sites for hydroxylation is 1. The molecular formula is C10H11N3O2. The Labute approximate surface area is 86.1 Å². The number of carbonyl (C=O) groups is 1. The summed E-state index contributed by atoms with van der Waals surface area (Å²) < 4.78 is 1.49. The van der Waals surface area contributed by atoms with E-state index in [1.807, 2.05) is 25.1 Å². The normalized spacial score (nSPS) is 10.7. The van der Waals surface area contributed by atoms with Gasteiger partial charge < -0.3 is 10.8 Å². The van der Waals surface area contributed by atoms with Crippen LogP contribution in [0.25, 0.3) is 11.0 Å². The van der Waals surface area contributed by atoms with Crippen LogP contribution in [-0.4, -0.2) is 20.6 Å². The number of nitrogen functional groups attached to an aromatic ring is 1. The van der Waals surface area contributed by atoms with E-state index in [2.05, 4.69) is 4.98 Å². The van der Waals surface area contributed by atoms with Gasteiger partial charge in [-0.1, -0.05) is 6.07 Å². The predicted octanol–water partition coefficient (Wildman–Crippen LogP) is 1.01. The van der Waals surface area contributed by atoms with Crippen LogP contribution in [0.5, 0.6) is 0 Å². The lowest BCUT2D eigenvalue weighted by Crippen LogP contribution is -2.11. The van der Waals surface area contributed by atoms with Gasteiger partial charge in [-0.3, -0.25) is 9.36 Å². The van der Waals surface area contributed by atoms with Crippen molar-refractivity contribution in [3.05, 3.63) is 23.8 Å². The third kappa shape index (κ3) is 1.63. The molecule has 0 radical (unpaired) electrons. The third-order valence-electron chi connectivity index (χ3n) is 2.23. The highest BCUT2D eigenvalue weighted by Crippen LogP contribution is 2.18. The summed E-state index contributed by atoms with van der Waals surface area (Å²) in [5.41, 5.74) is 8.17. The van der Waals surface area contributed by atoms with Gasteiger partial charge in [-0.05, 0) is 24.6 Å². The molecule has 0 unspecified atom stereocenters. The van der Waals surface area contributed by atoms with Gasteiger partial charge in [0.25, 0.3) is 0 Å². The van der Waals surface area contributed by atoms with Gasteiger partial charge in [0.1, 0.15) is 6.54 Å². The molecule has 0 aliphatic carbocycles. The van der Waals surface area contributed by atoms with Crippen molar-refractivity contribution in [1.82, 2.24) is 9.55 Å². The SMILES string of the molecule is Cc1ccc2nc(N)n(CC(=O)O)c2c1. The summed E-state index contributed by atoms with van der Waals surface area (Å²) >= 11 is 0. The number of benzene rings is 1. The Kier molecular flexibility index (Phi) is 2.07.